The van der Waals surface area contributed by atoms with E-state index in [4.69, 9.17) is 10.8 Å². The van der Waals surface area contributed by atoms with Crippen molar-refractivity contribution in [2.45, 2.75) is 19.9 Å². The molecule has 1 unspecified atom stereocenters. The van der Waals surface area contributed by atoms with E-state index in [0.717, 1.165) is 26.2 Å². The number of nitrogens with zero attached hydrogens (tertiary/aromatic N) is 2. The van der Waals surface area contributed by atoms with Gasteiger partial charge in [0.15, 0.2) is 0 Å². The van der Waals surface area contributed by atoms with Gasteiger partial charge >= 0.3 is 0 Å². The first-order valence-corrected chi connectivity index (χ1v) is 5.69. The molecule has 0 fully saturated rings. The van der Waals surface area contributed by atoms with Crippen LogP contribution in [0.25, 0.3) is 0 Å². The van der Waals surface area contributed by atoms with Crippen LogP contribution in [0.5, 0.6) is 0 Å². The van der Waals surface area contributed by atoms with Crippen LogP contribution < -0.4 is 5.73 Å². The molecular formula is C11H27N3O. The van der Waals surface area contributed by atoms with Crippen molar-refractivity contribution in [3.63, 3.8) is 0 Å². The monoisotopic (exact) mass is 217 g/mol. The molecule has 0 aliphatic carbocycles. The predicted molar refractivity (Wildman–Crippen MR) is 64.9 cm³/mol. The zero-order valence-corrected chi connectivity index (χ0v) is 10.6. The average molecular weight is 217 g/mol. The maximum atomic E-state index is 8.93. The molecule has 0 spiro atoms. The molecule has 0 heterocycles. The number of likely N-dealkylation sites (N-methyl/N-ethyl adjacent to an activating group) is 1. The van der Waals surface area contributed by atoms with Gasteiger partial charge in [0.25, 0.3) is 0 Å². The van der Waals surface area contributed by atoms with E-state index < -0.39 is 0 Å². The zero-order valence-electron chi connectivity index (χ0n) is 10.6. The van der Waals surface area contributed by atoms with Gasteiger partial charge in [-0.25, -0.2) is 0 Å². The van der Waals surface area contributed by atoms with Crippen molar-refractivity contribution in [3.05, 3.63) is 0 Å². The van der Waals surface area contributed by atoms with Crippen LogP contribution in [0, 0.1) is 5.92 Å². The van der Waals surface area contributed by atoms with Crippen LogP contribution in [0.3, 0.4) is 0 Å². The number of hydrogen-bond acceptors (Lipinski definition) is 4. The van der Waals surface area contributed by atoms with Gasteiger partial charge in [0.1, 0.15) is 0 Å². The molecule has 3 N–H and O–H groups in total. The summed E-state index contributed by atoms with van der Waals surface area (Å²) in [7, 11) is 4.14. The Labute approximate surface area is 94.0 Å². The van der Waals surface area contributed by atoms with Crippen LogP contribution in [0.15, 0.2) is 0 Å². The SMILES string of the molecule is CC(C)CN(CCN(C)C)CC(N)CO. The van der Waals surface area contributed by atoms with Crippen molar-refractivity contribution >= 4 is 0 Å². The lowest BCUT2D eigenvalue weighted by atomic mass is 10.2. The third kappa shape index (κ3) is 8.81. The number of rotatable bonds is 8. The lowest BCUT2D eigenvalue weighted by molar-refractivity contribution is 0.177. The summed E-state index contributed by atoms with van der Waals surface area (Å²) in [5.74, 6) is 0.637. The molecule has 0 radical (unpaired) electrons. The average Bonchev–Trinajstić information content (AvgIpc) is 2.13. The second-order valence-electron chi connectivity index (χ2n) is 4.90. The van der Waals surface area contributed by atoms with Crippen molar-refractivity contribution in [2.75, 3.05) is 46.9 Å². The minimum absolute atomic E-state index is 0.0660. The topological polar surface area (TPSA) is 52.7 Å². The third-order valence-corrected chi connectivity index (χ3v) is 2.21. The Balaban J connectivity index is 3.94. The van der Waals surface area contributed by atoms with Gasteiger partial charge in [-0.3, -0.25) is 0 Å². The van der Waals surface area contributed by atoms with E-state index in [0.29, 0.717) is 5.92 Å². The summed E-state index contributed by atoms with van der Waals surface area (Å²) in [6, 6.07) is -0.120. The first-order chi connectivity index (χ1) is 6.95. The molecule has 0 amide bonds. The van der Waals surface area contributed by atoms with Gasteiger partial charge in [-0.2, -0.15) is 0 Å². The van der Waals surface area contributed by atoms with Crippen molar-refractivity contribution in [3.8, 4) is 0 Å². The predicted octanol–water partition coefficient (Wildman–Crippen LogP) is -0.174. The summed E-state index contributed by atoms with van der Waals surface area (Å²) in [5, 5.41) is 8.93. The number of nitrogens with two attached hydrogens (primary N) is 1. The normalized spacial score (nSPS) is 14.2. The van der Waals surface area contributed by atoms with Gasteiger partial charge in [-0.15, -0.1) is 0 Å². The van der Waals surface area contributed by atoms with Crippen LogP contribution >= 0.6 is 0 Å². The summed E-state index contributed by atoms with van der Waals surface area (Å²) >= 11 is 0. The zero-order chi connectivity index (χ0) is 11.8. The van der Waals surface area contributed by atoms with Crippen LogP contribution in [0.1, 0.15) is 13.8 Å². The highest BCUT2D eigenvalue weighted by atomic mass is 16.3. The van der Waals surface area contributed by atoms with E-state index in [2.05, 4.69) is 37.7 Å². The summed E-state index contributed by atoms with van der Waals surface area (Å²) in [6.45, 7) is 8.34. The number of aliphatic hydroxyl groups is 1. The lowest BCUT2D eigenvalue weighted by Crippen LogP contribution is -2.43. The van der Waals surface area contributed by atoms with Crippen LogP contribution in [0.2, 0.25) is 0 Å². The standard InChI is InChI=1S/C11H27N3O/c1-10(2)7-14(6-5-13(3)4)8-11(12)9-15/h10-11,15H,5-9,12H2,1-4H3. The number of aliphatic hydroxyl groups excluding tert-OH is 1. The summed E-state index contributed by atoms with van der Waals surface area (Å²) in [5.41, 5.74) is 5.75. The quantitative estimate of drug-likeness (QED) is 0.592. The molecule has 92 valence electrons. The molecule has 15 heavy (non-hydrogen) atoms. The fourth-order valence-electron chi connectivity index (χ4n) is 1.50. The molecule has 0 rings (SSSR count). The van der Waals surface area contributed by atoms with E-state index >= 15 is 0 Å². The van der Waals surface area contributed by atoms with Crippen molar-refractivity contribution in [2.24, 2.45) is 11.7 Å². The lowest BCUT2D eigenvalue weighted by Gasteiger charge is -2.27. The minimum atomic E-state index is -0.120. The maximum absolute atomic E-state index is 8.93. The summed E-state index contributed by atoms with van der Waals surface area (Å²) in [6.07, 6.45) is 0. The van der Waals surface area contributed by atoms with Crippen molar-refractivity contribution in [1.82, 2.24) is 9.80 Å². The molecule has 0 aromatic rings. The Morgan fingerprint density at radius 1 is 1.13 bits per heavy atom. The molecule has 4 nitrogen and oxygen atoms in total. The van der Waals surface area contributed by atoms with E-state index in [-0.39, 0.29) is 12.6 Å². The third-order valence-electron chi connectivity index (χ3n) is 2.21. The van der Waals surface area contributed by atoms with Gasteiger partial charge < -0.3 is 20.6 Å². The molecule has 0 bridgehead atoms. The first kappa shape index (κ1) is 14.8. The highest BCUT2D eigenvalue weighted by molar-refractivity contribution is 4.69. The Morgan fingerprint density at radius 3 is 2.13 bits per heavy atom. The Morgan fingerprint density at radius 2 is 1.73 bits per heavy atom. The van der Waals surface area contributed by atoms with Crippen LogP contribution in [-0.4, -0.2) is 67.8 Å². The Bertz CT molecular complexity index is 151. The summed E-state index contributed by atoms with van der Waals surface area (Å²) in [4.78, 5) is 4.49. The molecule has 4 heteroatoms. The van der Waals surface area contributed by atoms with Gasteiger partial charge in [0.2, 0.25) is 0 Å². The first-order valence-electron chi connectivity index (χ1n) is 5.69. The molecule has 0 saturated heterocycles. The van der Waals surface area contributed by atoms with Crippen LogP contribution in [0.4, 0.5) is 0 Å². The summed E-state index contributed by atoms with van der Waals surface area (Å²) < 4.78 is 0. The van der Waals surface area contributed by atoms with E-state index in [1.807, 2.05) is 0 Å². The fraction of sp³-hybridized carbons (Fsp3) is 1.00. The Hall–Kier alpha value is -0.160. The maximum Gasteiger partial charge on any atom is 0.0595 e. The highest BCUT2D eigenvalue weighted by Gasteiger charge is 2.11. The molecular weight excluding hydrogens is 190 g/mol. The smallest absolute Gasteiger partial charge is 0.0595 e. The molecule has 0 saturated carbocycles. The molecule has 1 atom stereocenters. The fourth-order valence-corrected chi connectivity index (χ4v) is 1.50. The van der Waals surface area contributed by atoms with E-state index in [9.17, 15) is 0 Å². The molecule has 0 aromatic heterocycles. The van der Waals surface area contributed by atoms with Crippen molar-refractivity contribution < 1.29 is 5.11 Å². The van der Waals surface area contributed by atoms with Crippen molar-refractivity contribution in [1.29, 1.82) is 0 Å². The second kappa shape index (κ2) is 8.05. The van der Waals surface area contributed by atoms with Gasteiger partial charge in [-0.1, -0.05) is 13.8 Å². The molecule has 0 aliphatic heterocycles. The largest absolute Gasteiger partial charge is 0.395 e. The van der Waals surface area contributed by atoms with E-state index in [1.54, 1.807) is 0 Å². The van der Waals surface area contributed by atoms with Gasteiger partial charge in [0.05, 0.1) is 6.61 Å². The molecule has 0 aliphatic rings. The minimum Gasteiger partial charge on any atom is -0.395 e. The van der Waals surface area contributed by atoms with Gasteiger partial charge in [0, 0.05) is 32.2 Å². The van der Waals surface area contributed by atoms with Crippen LogP contribution in [-0.2, 0) is 0 Å². The van der Waals surface area contributed by atoms with Gasteiger partial charge in [-0.05, 0) is 20.0 Å². The molecule has 0 aromatic carbocycles. The number of hydrogen-bond donors (Lipinski definition) is 2. The Kier molecular flexibility index (Phi) is 7.96. The highest BCUT2D eigenvalue weighted by Crippen LogP contribution is 1.99. The second-order valence-corrected chi connectivity index (χ2v) is 4.90. The van der Waals surface area contributed by atoms with E-state index in [1.165, 1.54) is 0 Å².